The average Bonchev–Trinajstić information content (AvgIpc) is 3.02. The monoisotopic (exact) mass is 369 g/mol. The highest BCUT2D eigenvalue weighted by Gasteiger charge is 2.31. The van der Waals surface area contributed by atoms with Gasteiger partial charge in [-0.05, 0) is 39.0 Å². The van der Waals surface area contributed by atoms with Crippen LogP contribution in [0, 0.1) is 0 Å². The molecule has 1 aromatic heterocycles. The van der Waals surface area contributed by atoms with E-state index in [1.807, 2.05) is 13.8 Å². The Labute approximate surface area is 147 Å². The van der Waals surface area contributed by atoms with E-state index < -0.39 is 29.7 Å². The van der Waals surface area contributed by atoms with Crippen LogP contribution in [0.4, 0.5) is 19.0 Å². The molecule has 140 valence electrons. The Balaban J connectivity index is 2.04. The van der Waals surface area contributed by atoms with Crippen molar-refractivity contribution in [3.63, 3.8) is 0 Å². The zero-order valence-electron chi connectivity index (χ0n) is 14.4. The van der Waals surface area contributed by atoms with E-state index in [0.29, 0.717) is 11.9 Å². The van der Waals surface area contributed by atoms with Crippen LogP contribution in [0.2, 0.25) is 0 Å². The van der Waals surface area contributed by atoms with Gasteiger partial charge in [0, 0.05) is 12.1 Å². The van der Waals surface area contributed by atoms with Crippen LogP contribution < -0.4 is 5.32 Å². The number of esters is 1. The normalized spacial score (nSPS) is 12.7. The Bertz CT molecular complexity index is 800. The third-order valence-electron chi connectivity index (χ3n) is 3.49. The van der Waals surface area contributed by atoms with Crippen LogP contribution in [0.25, 0.3) is 0 Å². The van der Waals surface area contributed by atoms with Gasteiger partial charge >= 0.3 is 12.1 Å². The summed E-state index contributed by atoms with van der Waals surface area (Å²) in [6.45, 7) is 5.08. The molecule has 0 aliphatic heterocycles. The molecule has 2 aromatic rings. The highest BCUT2D eigenvalue weighted by Crippen LogP contribution is 2.29. The summed E-state index contributed by atoms with van der Waals surface area (Å²) in [4.78, 5) is 24.2. The lowest BCUT2D eigenvalue weighted by atomic mass is 10.1. The fourth-order valence-corrected chi connectivity index (χ4v) is 2.16. The van der Waals surface area contributed by atoms with E-state index in [2.05, 4.69) is 10.4 Å². The molecule has 0 radical (unpaired) electrons. The van der Waals surface area contributed by atoms with Gasteiger partial charge < -0.3 is 10.1 Å². The van der Waals surface area contributed by atoms with Crippen molar-refractivity contribution >= 4 is 17.7 Å². The average molecular weight is 369 g/mol. The van der Waals surface area contributed by atoms with Crippen molar-refractivity contribution in [1.29, 1.82) is 0 Å². The van der Waals surface area contributed by atoms with Gasteiger partial charge in [0.2, 0.25) is 0 Å². The van der Waals surface area contributed by atoms with E-state index in [9.17, 15) is 22.8 Å². The lowest BCUT2D eigenvalue weighted by Crippen LogP contribution is -2.31. The van der Waals surface area contributed by atoms with Crippen molar-refractivity contribution in [3.8, 4) is 0 Å². The molecule has 1 aromatic carbocycles. The molecule has 0 unspecified atom stereocenters. The Hall–Kier alpha value is -2.84. The minimum Gasteiger partial charge on any atom is -0.449 e. The predicted octanol–water partition coefficient (Wildman–Crippen LogP) is 3.67. The van der Waals surface area contributed by atoms with Crippen LogP contribution in [-0.2, 0) is 15.7 Å². The first-order chi connectivity index (χ1) is 12.1. The Morgan fingerprint density at radius 2 is 1.88 bits per heavy atom. The van der Waals surface area contributed by atoms with Crippen molar-refractivity contribution in [2.75, 3.05) is 5.32 Å². The van der Waals surface area contributed by atoms with Gasteiger partial charge in [0.1, 0.15) is 5.82 Å². The van der Waals surface area contributed by atoms with Crippen molar-refractivity contribution in [3.05, 3.63) is 47.7 Å². The number of hydrogen-bond donors (Lipinski definition) is 1. The van der Waals surface area contributed by atoms with Crippen molar-refractivity contribution in [1.82, 2.24) is 9.78 Å². The molecule has 2 rings (SSSR count). The van der Waals surface area contributed by atoms with E-state index in [0.717, 1.165) is 12.1 Å². The molecular weight excluding hydrogens is 351 g/mol. The molecule has 0 saturated heterocycles. The molecule has 6 nitrogen and oxygen atoms in total. The maximum atomic E-state index is 12.7. The largest absolute Gasteiger partial charge is 0.449 e. The highest BCUT2D eigenvalue weighted by atomic mass is 19.4. The third-order valence-corrected chi connectivity index (χ3v) is 3.49. The summed E-state index contributed by atoms with van der Waals surface area (Å²) < 4.78 is 44.7. The van der Waals surface area contributed by atoms with Gasteiger partial charge in [-0.25, -0.2) is 9.48 Å². The fraction of sp³-hybridized carbons (Fsp3) is 0.353. The number of rotatable bonds is 5. The van der Waals surface area contributed by atoms with E-state index in [1.54, 1.807) is 10.7 Å². The fourth-order valence-electron chi connectivity index (χ4n) is 2.16. The number of anilines is 1. The van der Waals surface area contributed by atoms with E-state index in [4.69, 9.17) is 4.74 Å². The first-order valence-electron chi connectivity index (χ1n) is 7.82. The zero-order valence-corrected chi connectivity index (χ0v) is 14.4. The summed E-state index contributed by atoms with van der Waals surface area (Å²) >= 11 is 0. The number of aromatic nitrogens is 2. The Kier molecular flexibility index (Phi) is 5.69. The molecule has 0 aliphatic rings. The summed E-state index contributed by atoms with van der Waals surface area (Å²) in [5, 5.41) is 6.63. The van der Waals surface area contributed by atoms with Gasteiger partial charge in [0.25, 0.3) is 5.91 Å². The first-order valence-corrected chi connectivity index (χ1v) is 7.82. The van der Waals surface area contributed by atoms with Crippen molar-refractivity contribution in [2.24, 2.45) is 0 Å². The van der Waals surface area contributed by atoms with Gasteiger partial charge in [0.05, 0.1) is 17.3 Å². The van der Waals surface area contributed by atoms with Gasteiger partial charge in [-0.1, -0.05) is 6.07 Å². The second-order valence-electron chi connectivity index (χ2n) is 5.87. The molecule has 0 bridgehead atoms. The van der Waals surface area contributed by atoms with Crippen LogP contribution in [0.1, 0.15) is 42.7 Å². The summed E-state index contributed by atoms with van der Waals surface area (Å²) in [5.41, 5.74) is -1.25. The lowest BCUT2D eigenvalue weighted by molar-refractivity contribution is -0.137. The molecule has 0 saturated carbocycles. The number of nitrogens with one attached hydrogen (secondary N) is 1. The smallest absolute Gasteiger partial charge is 0.416 e. The SMILES string of the molecule is CC(C)n1nccc1NC(=O)[C@H](C)OC(=O)c1cccc(C(F)(F)F)c1. The number of alkyl halides is 3. The molecular formula is C17H18F3N3O3. The number of carbonyl (C=O) groups is 2. The molecule has 26 heavy (non-hydrogen) atoms. The molecule has 1 heterocycles. The summed E-state index contributed by atoms with van der Waals surface area (Å²) in [6.07, 6.45) is -4.27. The van der Waals surface area contributed by atoms with E-state index in [-0.39, 0.29) is 11.6 Å². The maximum absolute atomic E-state index is 12.7. The van der Waals surface area contributed by atoms with Crippen LogP contribution in [0.3, 0.4) is 0 Å². The maximum Gasteiger partial charge on any atom is 0.416 e. The van der Waals surface area contributed by atoms with Gasteiger partial charge in [-0.15, -0.1) is 0 Å². The van der Waals surface area contributed by atoms with Crippen LogP contribution in [0.5, 0.6) is 0 Å². The zero-order chi connectivity index (χ0) is 19.5. The van der Waals surface area contributed by atoms with Gasteiger partial charge in [0.15, 0.2) is 6.10 Å². The molecule has 0 fully saturated rings. The minimum absolute atomic E-state index is 0.00302. The number of nitrogens with zero attached hydrogens (tertiary/aromatic N) is 2. The first kappa shape index (κ1) is 19.5. The van der Waals surface area contributed by atoms with E-state index >= 15 is 0 Å². The predicted molar refractivity (Wildman–Crippen MR) is 87.6 cm³/mol. The number of halogens is 3. The number of amides is 1. The van der Waals surface area contributed by atoms with Crippen molar-refractivity contribution in [2.45, 2.75) is 39.1 Å². The van der Waals surface area contributed by atoms with Crippen LogP contribution in [0.15, 0.2) is 36.5 Å². The molecule has 1 atom stereocenters. The minimum atomic E-state index is -4.57. The summed E-state index contributed by atoms with van der Waals surface area (Å²) in [6, 6.07) is 5.41. The molecule has 9 heteroatoms. The molecule has 1 amide bonds. The highest BCUT2D eigenvalue weighted by molar-refractivity contribution is 5.96. The number of carbonyl (C=O) groups excluding carboxylic acids is 2. The molecule has 0 spiro atoms. The number of benzene rings is 1. The third kappa shape index (κ3) is 4.62. The van der Waals surface area contributed by atoms with E-state index in [1.165, 1.54) is 19.2 Å². The molecule has 1 N–H and O–H groups in total. The Morgan fingerprint density at radius 1 is 1.19 bits per heavy atom. The van der Waals surface area contributed by atoms with Crippen LogP contribution >= 0.6 is 0 Å². The number of ether oxygens (including phenoxy) is 1. The summed E-state index contributed by atoms with van der Waals surface area (Å²) in [7, 11) is 0. The molecule has 0 aliphatic carbocycles. The second kappa shape index (κ2) is 7.59. The van der Waals surface area contributed by atoms with Gasteiger partial charge in [-0.2, -0.15) is 18.3 Å². The van der Waals surface area contributed by atoms with Gasteiger partial charge in [-0.3, -0.25) is 4.79 Å². The summed E-state index contributed by atoms with van der Waals surface area (Å²) in [5.74, 6) is -1.21. The quantitative estimate of drug-likeness (QED) is 0.817. The second-order valence-corrected chi connectivity index (χ2v) is 5.87. The topological polar surface area (TPSA) is 73.2 Å². The standard InChI is InChI=1S/C17H18F3N3O3/c1-10(2)23-14(7-8-21-23)22-15(24)11(3)26-16(25)12-5-4-6-13(9-12)17(18,19)20/h4-11H,1-3H3,(H,22,24)/t11-/m0/s1. The van der Waals surface area contributed by atoms with Crippen molar-refractivity contribution < 1.29 is 27.5 Å². The lowest BCUT2D eigenvalue weighted by Gasteiger charge is -2.16. The Morgan fingerprint density at radius 3 is 2.50 bits per heavy atom. The number of hydrogen-bond acceptors (Lipinski definition) is 4. The van der Waals surface area contributed by atoms with Crippen LogP contribution in [-0.4, -0.2) is 27.8 Å².